The van der Waals surface area contributed by atoms with E-state index in [0.29, 0.717) is 28.6 Å². The average molecular weight is 666 g/mol. The van der Waals surface area contributed by atoms with Crippen molar-refractivity contribution in [2.45, 2.75) is 19.5 Å². The number of pyridine rings is 1. The number of carbonyl (C=O) groups excluding carboxylic acids is 2. The van der Waals surface area contributed by atoms with E-state index in [2.05, 4.69) is 39.9 Å². The van der Waals surface area contributed by atoms with Crippen molar-refractivity contribution >= 4 is 17.5 Å². The van der Waals surface area contributed by atoms with Crippen LogP contribution in [0.3, 0.4) is 0 Å². The zero-order chi connectivity index (χ0) is 35.0. The van der Waals surface area contributed by atoms with Gasteiger partial charge in [-0.15, -0.1) is 0 Å². The van der Waals surface area contributed by atoms with Crippen LogP contribution in [0.2, 0.25) is 0 Å². The molecule has 0 saturated carbocycles. The Balaban J connectivity index is 0.000000194. The number of para-hydroxylation sites is 1. The Morgan fingerprint density at radius 1 is 0.560 bits per heavy atom. The maximum absolute atomic E-state index is 11.4. The van der Waals surface area contributed by atoms with Gasteiger partial charge in [-0.25, -0.2) is 0 Å². The van der Waals surface area contributed by atoms with Gasteiger partial charge in [-0.05, 0) is 77.7 Å². The summed E-state index contributed by atoms with van der Waals surface area (Å²) in [7, 11) is 0. The molecule has 6 rings (SSSR count). The third-order valence-electron chi connectivity index (χ3n) is 7.52. The highest BCUT2D eigenvalue weighted by atomic mass is 16.5. The lowest BCUT2D eigenvalue weighted by atomic mass is 10.1. The van der Waals surface area contributed by atoms with Crippen molar-refractivity contribution in [2.75, 3.05) is 11.9 Å². The molecule has 0 aliphatic heterocycles. The number of anilines is 1. The molecule has 0 unspecified atom stereocenters. The number of nitrogens with one attached hydrogen (secondary N) is 2. The van der Waals surface area contributed by atoms with E-state index in [9.17, 15) is 9.59 Å². The molecule has 0 fully saturated rings. The van der Waals surface area contributed by atoms with Crippen LogP contribution in [0, 0.1) is 0 Å². The van der Waals surface area contributed by atoms with Crippen molar-refractivity contribution in [1.82, 2.24) is 10.3 Å². The van der Waals surface area contributed by atoms with Gasteiger partial charge in [0.05, 0.1) is 5.56 Å². The van der Waals surface area contributed by atoms with Crippen molar-refractivity contribution in [2.24, 2.45) is 11.5 Å². The van der Waals surface area contributed by atoms with Crippen molar-refractivity contribution in [3.05, 3.63) is 180 Å². The van der Waals surface area contributed by atoms with Gasteiger partial charge in [0.2, 0.25) is 0 Å². The number of aromatic nitrogens is 1. The van der Waals surface area contributed by atoms with Gasteiger partial charge in [0.1, 0.15) is 28.6 Å². The van der Waals surface area contributed by atoms with E-state index in [1.807, 2.05) is 84.9 Å². The Morgan fingerprint density at radius 3 is 1.70 bits per heavy atom. The lowest BCUT2D eigenvalue weighted by Gasteiger charge is -2.10. The molecule has 0 saturated heterocycles. The van der Waals surface area contributed by atoms with Crippen LogP contribution in [0.25, 0.3) is 0 Å². The highest BCUT2D eigenvalue weighted by molar-refractivity contribution is 5.96. The second-order valence-electron chi connectivity index (χ2n) is 11.2. The lowest BCUT2D eigenvalue weighted by molar-refractivity contribution is 0.0989. The second kappa shape index (κ2) is 18.2. The summed E-state index contributed by atoms with van der Waals surface area (Å²) in [6.07, 6.45) is 3.92. The summed E-state index contributed by atoms with van der Waals surface area (Å²) in [4.78, 5) is 26.7. The van der Waals surface area contributed by atoms with Gasteiger partial charge in [0.15, 0.2) is 0 Å². The zero-order valence-corrected chi connectivity index (χ0v) is 27.5. The molecule has 1 heterocycles. The summed E-state index contributed by atoms with van der Waals surface area (Å²) in [6, 6.07) is 44.5. The van der Waals surface area contributed by atoms with E-state index in [0.717, 1.165) is 37.3 Å². The highest BCUT2D eigenvalue weighted by Crippen LogP contribution is 2.27. The molecule has 1 aromatic heterocycles. The molecule has 6 aromatic rings. The third-order valence-corrected chi connectivity index (χ3v) is 7.52. The molecule has 5 aromatic carbocycles. The summed E-state index contributed by atoms with van der Waals surface area (Å²) in [5.41, 5.74) is 16.0. The van der Waals surface area contributed by atoms with Gasteiger partial charge in [-0.1, -0.05) is 84.9 Å². The minimum Gasteiger partial charge on any atom is -0.457 e. The van der Waals surface area contributed by atoms with Crippen LogP contribution in [-0.4, -0.2) is 23.3 Å². The Morgan fingerprint density at radius 2 is 1.08 bits per heavy atom. The first-order valence-electron chi connectivity index (χ1n) is 16.1. The van der Waals surface area contributed by atoms with Crippen LogP contribution in [0.15, 0.2) is 152 Å². The maximum atomic E-state index is 11.4. The van der Waals surface area contributed by atoms with E-state index in [1.165, 1.54) is 17.3 Å². The highest BCUT2D eigenvalue weighted by Gasteiger charge is 2.11. The predicted molar refractivity (Wildman–Crippen MR) is 196 cm³/mol. The Bertz CT molecular complexity index is 1810. The SMILES string of the molecule is NC(=O)c1ccccc1Oc1ccc(NCCc2ccccc2)cc1.NC(=O)c1cnccc1Oc1ccc(CNCc2ccccc2)cc1. The van der Waals surface area contributed by atoms with Gasteiger partial charge >= 0.3 is 0 Å². The Kier molecular flexibility index (Phi) is 12.7. The summed E-state index contributed by atoms with van der Waals surface area (Å²) >= 11 is 0. The number of hydrogen-bond acceptors (Lipinski definition) is 7. The fraction of sp³-hybridized carbons (Fsp3) is 0.0976. The second-order valence-corrected chi connectivity index (χ2v) is 11.2. The van der Waals surface area contributed by atoms with Crippen LogP contribution in [0.5, 0.6) is 23.0 Å². The van der Waals surface area contributed by atoms with Gasteiger partial charge in [0.25, 0.3) is 11.8 Å². The molecule has 0 aliphatic carbocycles. The van der Waals surface area contributed by atoms with Crippen molar-refractivity contribution in [3.63, 3.8) is 0 Å². The number of hydrogen-bond donors (Lipinski definition) is 4. The standard InChI is InChI=1S/C21H20N2O2.C20H19N3O2/c22-21(24)19-8-4-5-9-20(19)25-18-12-10-17(11-13-18)23-15-14-16-6-2-1-3-7-16;21-20(24)18-14-22-11-10-19(18)25-17-8-6-16(7-9-17)13-23-12-15-4-2-1-3-5-15/h1-13,23H,14-15H2,(H2,22,24);1-11,14,23H,12-13H2,(H2,21,24). The smallest absolute Gasteiger partial charge is 0.254 e. The van der Waals surface area contributed by atoms with Crippen LogP contribution < -0.4 is 31.6 Å². The molecule has 252 valence electrons. The van der Waals surface area contributed by atoms with Crippen LogP contribution in [0.4, 0.5) is 5.69 Å². The lowest BCUT2D eigenvalue weighted by Crippen LogP contribution is -2.13. The molecular weight excluding hydrogens is 626 g/mol. The number of primary amides is 2. The van der Waals surface area contributed by atoms with Gasteiger partial charge in [-0.2, -0.15) is 0 Å². The van der Waals surface area contributed by atoms with E-state index >= 15 is 0 Å². The number of nitrogens with two attached hydrogens (primary N) is 2. The fourth-order valence-corrected chi connectivity index (χ4v) is 4.93. The first kappa shape index (κ1) is 34.9. The molecule has 50 heavy (non-hydrogen) atoms. The summed E-state index contributed by atoms with van der Waals surface area (Å²) in [6.45, 7) is 2.43. The molecule has 6 N–H and O–H groups in total. The first-order chi connectivity index (χ1) is 24.4. The predicted octanol–water partition coefficient (Wildman–Crippen LogP) is 7.50. The topological polar surface area (TPSA) is 142 Å². The summed E-state index contributed by atoms with van der Waals surface area (Å²) in [5.74, 6) is 1.08. The first-order valence-corrected chi connectivity index (χ1v) is 16.1. The molecule has 9 nitrogen and oxygen atoms in total. The molecule has 0 aliphatic rings. The van der Waals surface area contributed by atoms with E-state index < -0.39 is 11.8 Å². The zero-order valence-electron chi connectivity index (χ0n) is 27.5. The molecule has 9 heteroatoms. The number of amides is 2. The number of carbonyl (C=O) groups is 2. The van der Waals surface area contributed by atoms with Crippen molar-refractivity contribution in [1.29, 1.82) is 0 Å². The largest absolute Gasteiger partial charge is 0.457 e. The minimum atomic E-state index is -0.565. The quantitative estimate of drug-likeness (QED) is 0.0944. The van der Waals surface area contributed by atoms with Crippen LogP contribution in [-0.2, 0) is 19.5 Å². The van der Waals surface area contributed by atoms with Gasteiger partial charge < -0.3 is 31.6 Å². The normalized spacial score (nSPS) is 10.3. The average Bonchev–Trinajstić information content (AvgIpc) is 3.14. The number of benzene rings is 5. The monoisotopic (exact) mass is 665 g/mol. The van der Waals surface area contributed by atoms with Crippen LogP contribution in [0.1, 0.15) is 37.4 Å². The van der Waals surface area contributed by atoms with E-state index in [4.69, 9.17) is 20.9 Å². The molecular formula is C41H39N5O4. The maximum Gasteiger partial charge on any atom is 0.254 e. The summed E-state index contributed by atoms with van der Waals surface area (Å²) < 4.78 is 11.5. The number of ether oxygens (including phenoxy) is 2. The molecule has 0 spiro atoms. The molecule has 0 radical (unpaired) electrons. The number of rotatable bonds is 14. The van der Waals surface area contributed by atoms with Gasteiger partial charge in [-0.3, -0.25) is 14.6 Å². The molecule has 0 bridgehead atoms. The third kappa shape index (κ3) is 10.8. The summed E-state index contributed by atoms with van der Waals surface area (Å²) in [5, 5.41) is 6.79. The molecule has 2 amide bonds. The Hall–Kier alpha value is -6.45. The van der Waals surface area contributed by atoms with Gasteiger partial charge in [0, 0.05) is 37.7 Å². The van der Waals surface area contributed by atoms with Crippen molar-refractivity contribution < 1.29 is 19.1 Å². The Labute approximate surface area is 291 Å². The van der Waals surface area contributed by atoms with E-state index in [-0.39, 0.29) is 5.56 Å². The number of nitrogens with zero attached hydrogens (tertiary/aromatic N) is 1. The fourth-order valence-electron chi connectivity index (χ4n) is 4.93. The van der Waals surface area contributed by atoms with E-state index in [1.54, 1.807) is 36.5 Å². The minimum absolute atomic E-state index is 0.260. The van der Waals surface area contributed by atoms with Crippen LogP contribution >= 0.6 is 0 Å². The van der Waals surface area contributed by atoms with Crippen molar-refractivity contribution in [3.8, 4) is 23.0 Å². The molecule has 0 atom stereocenters.